The lowest BCUT2D eigenvalue weighted by atomic mass is 9.95. The van der Waals surface area contributed by atoms with Crippen LogP contribution >= 0.6 is 46.4 Å². The van der Waals surface area contributed by atoms with Crippen molar-refractivity contribution < 1.29 is 0 Å². The molecule has 0 amide bonds. The average Bonchev–Trinajstić information content (AvgIpc) is 0.781. The minimum atomic E-state index is 0.183. The Morgan fingerprint density at radius 3 is 0.848 bits per heavy atom. The van der Waals surface area contributed by atoms with Crippen molar-refractivity contribution in [1.82, 2.24) is 59.8 Å². The van der Waals surface area contributed by atoms with E-state index in [-0.39, 0.29) is 21.1 Å². The Morgan fingerprint density at radius 1 is 0.134 bits per heavy atom. The average molecular weight is 1530 g/mol. The van der Waals surface area contributed by atoms with Crippen molar-refractivity contribution in [2.45, 2.75) is 0 Å². The van der Waals surface area contributed by atoms with Crippen LogP contribution in [0.25, 0.3) is 168 Å². The molecule has 112 heavy (non-hydrogen) atoms. The van der Waals surface area contributed by atoms with Crippen LogP contribution in [0.3, 0.4) is 0 Å². The number of hydrogen-bond donors (Lipinski definition) is 0. The van der Waals surface area contributed by atoms with Gasteiger partial charge in [-0.3, -0.25) is 0 Å². The quantitative estimate of drug-likeness (QED) is 0.114. The summed E-state index contributed by atoms with van der Waals surface area (Å²) in [5.74, 6) is 4.54. The second-order valence-corrected chi connectivity index (χ2v) is 27.0. The number of benzene rings is 15. The van der Waals surface area contributed by atoms with Gasteiger partial charge in [0.2, 0.25) is 21.1 Å². The molecule has 0 bridgehead atoms. The fraction of sp³-hybridized carbons (Fsp3) is 0. The van der Waals surface area contributed by atoms with Crippen LogP contribution in [0.5, 0.6) is 0 Å². The van der Waals surface area contributed by atoms with E-state index >= 15 is 0 Å². The van der Waals surface area contributed by atoms with Crippen molar-refractivity contribution in [3.8, 4) is 136 Å². The number of fused-ring (bicyclic) bond motifs is 3. The topological polar surface area (TPSA) is 155 Å². The summed E-state index contributed by atoms with van der Waals surface area (Å²) < 4.78 is 0. The van der Waals surface area contributed by atoms with Gasteiger partial charge in [0.05, 0.1) is 0 Å². The minimum absolute atomic E-state index is 0.183. The van der Waals surface area contributed by atoms with Crippen molar-refractivity contribution in [1.29, 1.82) is 0 Å². The Hall–Kier alpha value is -13.7. The van der Waals surface area contributed by atoms with Crippen LogP contribution in [0, 0.1) is 0 Å². The van der Waals surface area contributed by atoms with Crippen LogP contribution in [-0.2, 0) is 0 Å². The van der Waals surface area contributed by atoms with E-state index in [0.717, 1.165) is 93.9 Å². The third-order valence-corrected chi connectivity index (χ3v) is 19.2. The highest BCUT2D eigenvalue weighted by Gasteiger charge is 2.19. The zero-order valence-electron chi connectivity index (χ0n) is 59.7. The molecule has 12 nitrogen and oxygen atoms in total. The Morgan fingerprint density at radius 2 is 0.393 bits per heavy atom. The third-order valence-electron chi connectivity index (χ3n) is 18.5. The van der Waals surface area contributed by atoms with Gasteiger partial charge >= 0.3 is 0 Å². The predicted octanol–water partition coefficient (Wildman–Crippen LogP) is 25.6. The first-order chi connectivity index (χ1) is 55.2. The van der Waals surface area contributed by atoms with Crippen LogP contribution in [0.4, 0.5) is 0 Å². The van der Waals surface area contributed by atoms with E-state index in [1.165, 1.54) is 27.5 Å². The summed E-state index contributed by atoms with van der Waals surface area (Å²) in [6.45, 7) is 0. The molecule has 15 aromatic carbocycles. The summed E-state index contributed by atoms with van der Waals surface area (Å²) in [6, 6.07) is 126. The molecule has 0 radical (unpaired) electrons. The van der Waals surface area contributed by atoms with Crippen molar-refractivity contribution in [3.63, 3.8) is 0 Å². The smallest absolute Gasteiger partial charge is 0.208 e. The highest BCUT2D eigenvalue weighted by molar-refractivity contribution is 6.29. The Bertz CT molecular complexity index is 6480. The van der Waals surface area contributed by atoms with Crippen molar-refractivity contribution >= 4 is 78.7 Å². The van der Waals surface area contributed by atoms with Gasteiger partial charge in [0, 0.05) is 44.5 Å². The van der Waals surface area contributed by atoms with Crippen molar-refractivity contribution in [2.75, 3.05) is 0 Å². The molecule has 0 aliphatic rings. The molecule has 0 atom stereocenters. The van der Waals surface area contributed by atoms with Gasteiger partial charge in [0.1, 0.15) is 0 Å². The maximum absolute atomic E-state index is 6.30. The van der Waals surface area contributed by atoms with Gasteiger partial charge in [0.25, 0.3) is 0 Å². The van der Waals surface area contributed by atoms with Crippen LogP contribution in [-0.4, -0.2) is 59.8 Å². The van der Waals surface area contributed by atoms with Crippen LogP contribution < -0.4 is 0 Å². The lowest BCUT2D eigenvalue weighted by molar-refractivity contribution is 1.07. The second-order valence-electron chi connectivity index (χ2n) is 25.7. The van der Waals surface area contributed by atoms with Crippen LogP contribution in [0.15, 0.2) is 376 Å². The molecule has 0 saturated carbocycles. The standard InChI is InChI=1S/3C25H16ClN3.C21H14ClN3/c26-25-28-23(18-11-5-2-6-12-18)27-24(29-25)22-16-20(17-9-3-1-4-10-17)15-19-13-7-8-14-21(19)22;26-25-28-23(18-11-5-2-6-12-18)27-24(29-25)22-16-15-19(17-9-3-1-4-10-17)20-13-7-8-14-21(20)22;26-25-28-23(19-8-2-1-3-9-19)27-24(29-25)20-15-13-18(14-16-20)22-12-6-10-17-7-4-5-11-21(17)22;22-21-24-19(16-11-5-2-6-12-16)23-20(25-21)18-14-8-7-13-17(18)15-9-3-1-4-10-15/h3*1-16H;1-14H. The molecule has 19 aromatic rings. The van der Waals surface area contributed by atoms with Gasteiger partial charge in [-0.25, -0.2) is 19.9 Å². The molecule has 4 aromatic heterocycles. The highest BCUT2D eigenvalue weighted by Crippen LogP contribution is 2.39. The molecule has 19 rings (SSSR count). The summed E-state index contributed by atoms with van der Waals surface area (Å²) in [5, 5.41) is 7.63. The molecule has 16 heteroatoms. The molecular weight excluding hydrogens is 1460 g/mol. The second kappa shape index (κ2) is 34.2. The number of rotatable bonds is 12. The van der Waals surface area contributed by atoms with E-state index in [0.29, 0.717) is 46.6 Å². The highest BCUT2D eigenvalue weighted by atomic mass is 35.5. The van der Waals surface area contributed by atoms with Crippen molar-refractivity contribution in [3.05, 3.63) is 397 Å². The van der Waals surface area contributed by atoms with E-state index in [9.17, 15) is 0 Å². The summed E-state index contributed by atoms with van der Waals surface area (Å²) in [5.41, 5.74) is 16.4. The monoisotopic (exact) mass is 1520 g/mol. The molecule has 0 N–H and O–H groups in total. The van der Waals surface area contributed by atoms with E-state index < -0.39 is 0 Å². The number of hydrogen-bond acceptors (Lipinski definition) is 12. The van der Waals surface area contributed by atoms with E-state index in [4.69, 9.17) is 56.4 Å². The number of nitrogens with zero attached hydrogens (tertiary/aromatic N) is 12. The molecule has 0 aliphatic heterocycles. The summed E-state index contributed by atoms with van der Waals surface area (Å²) in [7, 11) is 0. The molecule has 0 fully saturated rings. The fourth-order valence-electron chi connectivity index (χ4n) is 13.2. The largest absolute Gasteiger partial charge is 0.226 e. The van der Waals surface area contributed by atoms with E-state index in [1.807, 2.05) is 218 Å². The van der Waals surface area contributed by atoms with E-state index in [1.54, 1.807) is 0 Å². The minimum Gasteiger partial charge on any atom is -0.208 e. The predicted molar refractivity (Wildman–Crippen MR) is 457 cm³/mol. The molecule has 0 aliphatic carbocycles. The lowest BCUT2D eigenvalue weighted by Crippen LogP contribution is -1.98. The maximum atomic E-state index is 6.30. The summed E-state index contributed by atoms with van der Waals surface area (Å²) in [4.78, 5) is 53.5. The lowest BCUT2D eigenvalue weighted by Gasteiger charge is -2.12. The third kappa shape index (κ3) is 16.9. The van der Waals surface area contributed by atoms with Gasteiger partial charge in [-0.05, 0) is 141 Å². The number of aromatic nitrogens is 12. The molecular formula is C96H62Cl4N12. The zero-order valence-corrected chi connectivity index (χ0v) is 62.7. The van der Waals surface area contributed by atoms with Crippen LogP contribution in [0.1, 0.15) is 0 Å². The van der Waals surface area contributed by atoms with Gasteiger partial charge in [-0.2, -0.15) is 39.9 Å². The van der Waals surface area contributed by atoms with E-state index in [2.05, 4.69) is 208 Å². The molecule has 0 unspecified atom stereocenters. The fourth-order valence-corrected chi connectivity index (χ4v) is 13.9. The molecule has 4 heterocycles. The zero-order chi connectivity index (χ0) is 76.0. The Balaban J connectivity index is 0.000000113. The molecule has 534 valence electrons. The first-order valence-electron chi connectivity index (χ1n) is 35.9. The van der Waals surface area contributed by atoms with Crippen molar-refractivity contribution in [2.24, 2.45) is 0 Å². The molecule has 0 spiro atoms. The van der Waals surface area contributed by atoms with Crippen LogP contribution in [0.2, 0.25) is 21.1 Å². The number of halogens is 4. The first kappa shape index (κ1) is 72.5. The SMILES string of the molecule is Clc1nc(-c2ccccc2)nc(-c2cc(-c3ccccc3)cc3ccccc23)n1.Clc1nc(-c2ccccc2)nc(-c2ccc(-c3cccc4ccccc34)cc2)n1.Clc1nc(-c2ccccc2)nc(-c2ccc(-c3ccccc3)c3ccccc23)n1.Clc1nc(-c2ccccc2)nc(-c2ccccc2-c2ccccc2)n1. The Kier molecular flexibility index (Phi) is 22.2. The summed E-state index contributed by atoms with van der Waals surface area (Å²) >= 11 is 24.9. The van der Waals surface area contributed by atoms with Gasteiger partial charge < -0.3 is 0 Å². The van der Waals surface area contributed by atoms with Gasteiger partial charge in [-0.1, -0.05) is 358 Å². The normalized spacial score (nSPS) is 10.9. The van der Waals surface area contributed by atoms with Gasteiger partial charge in [-0.15, -0.1) is 0 Å². The summed E-state index contributed by atoms with van der Waals surface area (Å²) in [6.07, 6.45) is 0. The first-order valence-corrected chi connectivity index (χ1v) is 37.4. The Labute approximate surface area is 666 Å². The van der Waals surface area contributed by atoms with Gasteiger partial charge in [0.15, 0.2) is 46.6 Å². The molecule has 0 saturated heterocycles. The maximum Gasteiger partial charge on any atom is 0.226 e.